The van der Waals surface area contributed by atoms with Crippen LogP contribution in [0.1, 0.15) is 38.3 Å². The van der Waals surface area contributed by atoms with Crippen molar-refractivity contribution < 1.29 is 29.0 Å². The summed E-state index contributed by atoms with van der Waals surface area (Å²) in [5.74, 6) is -1.35. The van der Waals surface area contributed by atoms with Gasteiger partial charge in [-0.1, -0.05) is 35.4 Å². The summed E-state index contributed by atoms with van der Waals surface area (Å²) in [7, 11) is 0. The van der Waals surface area contributed by atoms with Gasteiger partial charge in [0.1, 0.15) is 18.8 Å². The van der Waals surface area contributed by atoms with Crippen molar-refractivity contribution in [3.63, 3.8) is 0 Å². The third-order valence-electron chi connectivity index (χ3n) is 4.01. The van der Waals surface area contributed by atoms with Crippen LogP contribution >= 0.6 is 11.6 Å². The van der Waals surface area contributed by atoms with Gasteiger partial charge in [0, 0.05) is 0 Å². The number of rotatable bonds is 8. The minimum absolute atomic E-state index is 0.265. The van der Waals surface area contributed by atoms with Crippen molar-refractivity contribution in [1.29, 1.82) is 0 Å². The molecule has 0 saturated carbocycles. The van der Waals surface area contributed by atoms with Crippen molar-refractivity contribution in [3.05, 3.63) is 70.8 Å². The highest BCUT2D eigenvalue weighted by molar-refractivity contribution is 6.63. The van der Waals surface area contributed by atoms with Crippen LogP contribution in [0.25, 0.3) is 0 Å². The summed E-state index contributed by atoms with van der Waals surface area (Å²) in [6.07, 6.45) is -3.07. The molecule has 0 aliphatic carbocycles. The first-order valence-corrected chi connectivity index (χ1v) is 9.02. The van der Waals surface area contributed by atoms with E-state index in [1.54, 1.807) is 48.5 Å². The SMILES string of the molecule is Cc1ccc(C(=O)OC[C@@H](O)[C@H](CC(=O)Cl)OC(=O)c2ccc(C)cc2)cc1. The molecular weight excluding hydrogens is 384 g/mol. The minimum atomic E-state index is -1.41. The number of aryl methyl sites for hydroxylation is 2. The second kappa shape index (κ2) is 10.0. The molecule has 0 aliphatic heterocycles. The average Bonchev–Trinajstić information content (AvgIpc) is 2.66. The van der Waals surface area contributed by atoms with Crippen LogP contribution in [0, 0.1) is 13.8 Å². The highest BCUT2D eigenvalue weighted by Gasteiger charge is 2.27. The Balaban J connectivity index is 1.99. The van der Waals surface area contributed by atoms with Crippen LogP contribution in [0.3, 0.4) is 0 Å². The van der Waals surface area contributed by atoms with Gasteiger partial charge in [0.15, 0.2) is 0 Å². The number of esters is 2. The van der Waals surface area contributed by atoms with E-state index in [2.05, 4.69) is 0 Å². The summed E-state index contributed by atoms with van der Waals surface area (Å²) in [6.45, 7) is 3.30. The molecule has 6 nitrogen and oxygen atoms in total. The molecule has 0 fully saturated rings. The Bertz CT molecular complexity index is 829. The molecule has 0 aromatic heterocycles. The lowest BCUT2D eigenvalue weighted by molar-refractivity contribution is -0.116. The molecule has 0 bridgehead atoms. The number of carbonyl (C=O) groups excluding carboxylic acids is 3. The molecule has 28 heavy (non-hydrogen) atoms. The van der Waals surface area contributed by atoms with Crippen LogP contribution < -0.4 is 0 Å². The van der Waals surface area contributed by atoms with Crippen LogP contribution in [0.15, 0.2) is 48.5 Å². The molecule has 2 aromatic rings. The van der Waals surface area contributed by atoms with Crippen molar-refractivity contribution >= 4 is 28.8 Å². The summed E-state index contributed by atoms with van der Waals surface area (Å²) >= 11 is 5.39. The molecule has 1 N–H and O–H groups in total. The third kappa shape index (κ3) is 6.48. The monoisotopic (exact) mass is 404 g/mol. The number of aliphatic hydroxyl groups is 1. The molecule has 2 aromatic carbocycles. The van der Waals surface area contributed by atoms with Gasteiger partial charge in [-0.05, 0) is 49.7 Å². The van der Waals surface area contributed by atoms with Gasteiger partial charge in [-0.3, -0.25) is 4.79 Å². The summed E-state index contributed by atoms with van der Waals surface area (Å²) in [5, 5.41) is 9.49. The van der Waals surface area contributed by atoms with E-state index in [1.165, 1.54) is 0 Å². The van der Waals surface area contributed by atoms with Gasteiger partial charge in [-0.15, -0.1) is 0 Å². The van der Waals surface area contributed by atoms with Gasteiger partial charge < -0.3 is 14.6 Å². The maximum atomic E-state index is 12.2. The van der Waals surface area contributed by atoms with Gasteiger partial charge in [0.05, 0.1) is 17.5 Å². The highest BCUT2D eigenvalue weighted by Crippen LogP contribution is 2.14. The predicted octanol–water partition coefficient (Wildman–Crippen LogP) is 3.20. The lowest BCUT2D eigenvalue weighted by Crippen LogP contribution is -2.36. The number of halogens is 1. The zero-order valence-electron chi connectivity index (χ0n) is 15.6. The highest BCUT2D eigenvalue weighted by atomic mass is 35.5. The Morgan fingerprint density at radius 1 is 0.893 bits per heavy atom. The maximum Gasteiger partial charge on any atom is 0.338 e. The van der Waals surface area contributed by atoms with Crippen molar-refractivity contribution in [2.45, 2.75) is 32.5 Å². The Labute approximate surface area is 168 Å². The number of hydrogen-bond donors (Lipinski definition) is 1. The van der Waals surface area contributed by atoms with Crippen LogP contribution in [0.5, 0.6) is 0 Å². The molecule has 0 unspecified atom stereocenters. The van der Waals surface area contributed by atoms with E-state index in [0.717, 1.165) is 11.1 Å². The first kappa shape index (κ1) is 21.6. The lowest BCUT2D eigenvalue weighted by atomic mass is 10.1. The number of aliphatic hydroxyl groups excluding tert-OH is 1. The summed E-state index contributed by atoms with van der Waals surface area (Å²) in [6, 6.07) is 13.3. The maximum absolute atomic E-state index is 12.2. The predicted molar refractivity (Wildman–Crippen MR) is 103 cm³/mol. The fourth-order valence-electron chi connectivity index (χ4n) is 2.35. The normalized spacial score (nSPS) is 12.7. The van der Waals surface area contributed by atoms with Gasteiger partial charge >= 0.3 is 11.9 Å². The van der Waals surface area contributed by atoms with Gasteiger partial charge in [0.25, 0.3) is 0 Å². The fourth-order valence-corrected chi connectivity index (χ4v) is 2.50. The quantitative estimate of drug-likeness (QED) is 0.536. The molecule has 7 heteroatoms. The van der Waals surface area contributed by atoms with Crippen molar-refractivity contribution in [1.82, 2.24) is 0 Å². The van der Waals surface area contributed by atoms with E-state index in [1.807, 2.05) is 13.8 Å². The molecule has 0 spiro atoms. The molecule has 148 valence electrons. The number of benzene rings is 2. The molecule has 2 atom stereocenters. The summed E-state index contributed by atoms with van der Waals surface area (Å²) < 4.78 is 10.3. The van der Waals surface area contributed by atoms with E-state index in [0.29, 0.717) is 5.56 Å². The largest absolute Gasteiger partial charge is 0.459 e. The van der Waals surface area contributed by atoms with Crippen LogP contribution in [0.2, 0.25) is 0 Å². The zero-order valence-corrected chi connectivity index (χ0v) is 16.3. The summed E-state index contributed by atoms with van der Waals surface area (Å²) in [5.41, 5.74) is 2.54. The minimum Gasteiger partial charge on any atom is -0.459 e. The van der Waals surface area contributed by atoms with E-state index < -0.39 is 42.4 Å². The van der Waals surface area contributed by atoms with Gasteiger partial charge in [-0.25, -0.2) is 9.59 Å². The zero-order chi connectivity index (χ0) is 20.7. The molecule has 0 aliphatic rings. The smallest absolute Gasteiger partial charge is 0.338 e. The Kier molecular flexibility index (Phi) is 7.72. The van der Waals surface area contributed by atoms with E-state index >= 15 is 0 Å². The van der Waals surface area contributed by atoms with Crippen molar-refractivity contribution in [3.8, 4) is 0 Å². The topological polar surface area (TPSA) is 89.9 Å². The van der Waals surface area contributed by atoms with Gasteiger partial charge in [0.2, 0.25) is 5.24 Å². The number of hydrogen-bond acceptors (Lipinski definition) is 6. The molecule has 0 radical (unpaired) electrons. The molecule has 0 amide bonds. The van der Waals surface area contributed by atoms with Crippen molar-refractivity contribution in [2.75, 3.05) is 6.61 Å². The summed E-state index contributed by atoms with van der Waals surface area (Å²) in [4.78, 5) is 35.6. The van der Waals surface area contributed by atoms with Crippen LogP contribution in [-0.2, 0) is 14.3 Å². The van der Waals surface area contributed by atoms with E-state index in [9.17, 15) is 19.5 Å². The van der Waals surface area contributed by atoms with E-state index in [-0.39, 0.29) is 5.56 Å². The standard InChI is InChI=1S/C21H21ClO6/c1-13-3-7-15(8-4-13)20(25)27-12-17(23)18(11-19(22)24)28-21(26)16-9-5-14(2)6-10-16/h3-10,17-18,23H,11-12H2,1-2H3/t17-,18+/m1/s1. The first-order chi connectivity index (χ1) is 13.3. The molecule has 0 saturated heterocycles. The second-order valence-electron chi connectivity index (χ2n) is 6.40. The average molecular weight is 405 g/mol. The molecule has 0 heterocycles. The third-order valence-corrected chi connectivity index (χ3v) is 4.16. The fraction of sp³-hybridized carbons (Fsp3) is 0.286. The molecule has 2 rings (SSSR count). The number of ether oxygens (including phenoxy) is 2. The number of carbonyl (C=O) groups is 3. The van der Waals surface area contributed by atoms with E-state index in [4.69, 9.17) is 21.1 Å². The second-order valence-corrected chi connectivity index (χ2v) is 6.82. The van der Waals surface area contributed by atoms with Gasteiger partial charge in [-0.2, -0.15) is 0 Å². The lowest BCUT2D eigenvalue weighted by Gasteiger charge is -2.22. The Morgan fingerprint density at radius 2 is 1.36 bits per heavy atom. The van der Waals surface area contributed by atoms with Crippen LogP contribution in [-0.4, -0.2) is 41.1 Å². The molecular formula is C21H21ClO6. The Hall–Kier alpha value is -2.70. The van der Waals surface area contributed by atoms with Crippen LogP contribution in [0.4, 0.5) is 0 Å². The van der Waals surface area contributed by atoms with Crippen molar-refractivity contribution in [2.24, 2.45) is 0 Å². The Morgan fingerprint density at radius 3 is 1.82 bits per heavy atom. The first-order valence-electron chi connectivity index (χ1n) is 8.64.